The number of fused-ring (bicyclic) bond motifs is 1. The average Bonchev–Trinajstić information content (AvgIpc) is 3.35. The van der Waals surface area contributed by atoms with Crippen LogP contribution in [0.2, 0.25) is 0 Å². The Kier molecular flexibility index (Phi) is 6.41. The number of amides is 1. The van der Waals surface area contributed by atoms with E-state index in [2.05, 4.69) is 45.8 Å². The molecule has 4 heterocycles. The summed E-state index contributed by atoms with van der Waals surface area (Å²) in [6.07, 6.45) is 7.50. The Balaban J connectivity index is 1.33. The molecule has 1 aliphatic rings. The van der Waals surface area contributed by atoms with Gasteiger partial charge in [-0.3, -0.25) is 19.7 Å². The zero-order valence-electron chi connectivity index (χ0n) is 19.9. The first kappa shape index (κ1) is 22.3. The lowest BCUT2D eigenvalue weighted by atomic mass is 10.00. The molecule has 5 rings (SSSR count). The first-order chi connectivity index (χ1) is 16.6. The Bertz CT molecular complexity index is 1240. The van der Waals surface area contributed by atoms with E-state index in [1.54, 1.807) is 0 Å². The SMILES string of the molecule is Cc1cccnc1CN(Cc1ncccc1C)C1CCN(C(=O)c2cccc3cc[nH]c23)CC1. The van der Waals surface area contributed by atoms with Gasteiger partial charge < -0.3 is 9.88 Å². The molecule has 1 fully saturated rings. The van der Waals surface area contributed by atoms with Gasteiger partial charge in [0.25, 0.3) is 5.91 Å². The van der Waals surface area contributed by atoms with Gasteiger partial charge in [0.15, 0.2) is 0 Å². The van der Waals surface area contributed by atoms with Crippen molar-refractivity contribution in [3.05, 3.63) is 95.2 Å². The number of hydrogen-bond donors (Lipinski definition) is 1. The molecule has 174 valence electrons. The van der Waals surface area contributed by atoms with Gasteiger partial charge in [-0.1, -0.05) is 24.3 Å². The minimum Gasteiger partial charge on any atom is -0.361 e. The number of aromatic nitrogens is 3. The molecule has 3 aromatic heterocycles. The highest BCUT2D eigenvalue weighted by molar-refractivity contribution is 6.05. The first-order valence-corrected chi connectivity index (χ1v) is 12.0. The Labute approximate surface area is 200 Å². The summed E-state index contributed by atoms with van der Waals surface area (Å²) in [5.41, 5.74) is 6.30. The second-order valence-corrected chi connectivity index (χ2v) is 9.21. The van der Waals surface area contributed by atoms with Gasteiger partial charge in [-0.15, -0.1) is 0 Å². The van der Waals surface area contributed by atoms with Gasteiger partial charge in [0, 0.05) is 56.2 Å². The third kappa shape index (κ3) is 4.59. The zero-order chi connectivity index (χ0) is 23.5. The number of aromatic amines is 1. The molecule has 0 aliphatic carbocycles. The number of carbonyl (C=O) groups excluding carboxylic acids is 1. The summed E-state index contributed by atoms with van der Waals surface area (Å²) in [6.45, 7) is 7.30. The fourth-order valence-corrected chi connectivity index (χ4v) is 4.93. The van der Waals surface area contributed by atoms with Gasteiger partial charge in [-0.2, -0.15) is 0 Å². The van der Waals surface area contributed by atoms with Crippen molar-refractivity contribution in [2.24, 2.45) is 0 Å². The number of likely N-dealkylation sites (tertiary alicyclic amines) is 1. The first-order valence-electron chi connectivity index (χ1n) is 12.0. The van der Waals surface area contributed by atoms with Crippen molar-refractivity contribution in [1.82, 2.24) is 24.8 Å². The van der Waals surface area contributed by atoms with Crippen LogP contribution in [0.25, 0.3) is 10.9 Å². The van der Waals surface area contributed by atoms with Crippen molar-refractivity contribution in [3.8, 4) is 0 Å². The van der Waals surface area contributed by atoms with Crippen molar-refractivity contribution < 1.29 is 4.79 Å². The number of H-pyrrole nitrogens is 1. The quantitative estimate of drug-likeness (QED) is 0.452. The summed E-state index contributed by atoms with van der Waals surface area (Å²) in [5.74, 6) is 0.110. The number of hydrogen-bond acceptors (Lipinski definition) is 4. The number of carbonyl (C=O) groups is 1. The summed E-state index contributed by atoms with van der Waals surface area (Å²) in [7, 11) is 0. The van der Waals surface area contributed by atoms with Gasteiger partial charge in [0.2, 0.25) is 0 Å². The van der Waals surface area contributed by atoms with E-state index in [1.165, 1.54) is 11.1 Å². The third-order valence-electron chi connectivity index (χ3n) is 7.03. The molecule has 34 heavy (non-hydrogen) atoms. The Morgan fingerprint density at radius 1 is 0.941 bits per heavy atom. The number of benzene rings is 1. The molecule has 0 atom stereocenters. The van der Waals surface area contributed by atoms with Crippen LogP contribution in [0.4, 0.5) is 0 Å². The number of piperidine rings is 1. The highest BCUT2D eigenvalue weighted by Crippen LogP contribution is 2.25. The largest absolute Gasteiger partial charge is 0.361 e. The molecule has 1 aromatic carbocycles. The molecule has 1 aliphatic heterocycles. The van der Waals surface area contributed by atoms with Crippen LogP contribution >= 0.6 is 0 Å². The molecule has 1 saturated heterocycles. The molecule has 4 aromatic rings. The molecule has 0 bridgehead atoms. The number of nitrogens with zero attached hydrogens (tertiary/aromatic N) is 4. The van der Waals surface area contributed by atoms with E-state index in [4.69, 9.17) is 0 Å². The van der Waals surface area contributed by atoms with Crippen molar-refractivity contribution in [2.75, 3.05) is 13.1 Å². The van der Waals surface area contributed by atoms with E-state index in [0.29, 0.717) is 6.04 Å². The molecular formula is C28H31N5O. The van der Waals surface area contributed by atoms with E-state index >= 15 is 0 Å². The van der Waals surface area contributed by atoms with Crippen LogP contribution < -0.4 is 0 Å². The van der Waals surface area contributed by atoms with Gasteiger partial charge in [-0.05, 0) is 62.1 Å². The Hall–Kier alpha value is -3.51. The normalized spacial score (nSPS) is 14.7. The molecule has 1 N–H and O–H groups in total. The fraction of sp³-hybridized carbons (Fsp3) is 0.321. The minimum absolute atomic E-state index is 0.110. The van der Waals surface area contributed by atoms with Crippen LogP contribution in [0.15, 0.2) is 67.1 Å². The van der Waals surface area contributed by atoms with Crippen LogP contribution in [-0.4, -0.2) is 49.8 Å². The van der Waals surface area contributed by atoms with Gasteiger partial charge in [0.1, 0.15) is 0 Å². The number of rotatable bonds is 6. The Morgan fingerprint density at radius 2 is 1.59 bits per heavy atom. The molecule has 1 amide bonds. The lowest BCUT2D eigenvalue weighted by Crippen LogP contribution is -2.46. The standard InChI is InChI=1S/C28H31N5O/c1-20-6-4-13-29-25(20)18-33(19-26-21(2)7-5-14-30-26)23-11-16-32(17-12-23)28(34)24-9-3-8-22-10-15-31-27(22)24/h3-10,13-15,23,31H,11-12,16-19H2,1-2H3. The van der Waals surface area contributed by atoms with Crippen LogP contribution in [0.5, 0.6) is 0 Å². The van der Waals surface area contributed by atoms with E-state index in [1.807, 2.05) is 59.9 Å². The summed E-state index contributed by atoms with van der Waals surface area (Å²) < 4.78 is 0. The average molecular weight is 454 g/mol. The van der Waals surface area contributed by atoms with Gasteiger partial charge in [0.05, 0.1) is 22.5 Å². The predicted molar refractivity (Wildman–Crippen MR) is 134 cm³/mol. The number of nitrogens with one attached hydrogen (secondary N) is 1. The predicted octanol–water partition coefficient (Wildman–Crippen LogP) is 4.88. The topological polar surface area (TPSA) is 65.1 Å². The van der Waals surface area contributed by atoms with E-state index < -0.39 is 0 Å². The third-order valence-corrected chi connectivity index (χ3v) is 7.03. The molecule has 0 saturated carbocycles. The molecule has 0 spiro atoms. The van der Waals surface area contributed by atoms with Crippen molar-refractivity contribution in [3.63, 3.8) is 0 Å². The highest BCUT2D eigenvalue weighted by Gasteiger charge is 2.29. The fourth-order valence-electron chi connectivity index (χ4n) is 4.93. The maximum absolute atomic E-state index is 13.3. The molecule has 6 nitrogen and oxygen atoms in total. The van der Waals surface area contributed by atoms with Crippen LogP contribution in [0.1, 0.15) is 45.7 Å². The van der Waals surface area contributed by atoms with Gasteiger partial charge >= 0.3 is 0 Å². The summed E-state index contributed by atoms with van der Waals surface area (Å²) >= 11 is 0. The highest BCUT2D eigenvalue weighted by atomic mass is 16.2. The summed E-state index contributed by atoms with van der Waals surface area (Å²) in [4.78, 5) is 30.4. The zero-order valence-corrected chi connectivity index (χ0v) is 19.9. The van der Waals surface area contributed by atoms with Crippen LogP contribution in [0.3, 0.4) is 0 Å². The second kappa shape index (κ2) is 9.77. The number of pyridine rings is 2. The molecule has 6 heteroatoms. The molecule has 0 radical (unpaired) electrons. The summed E-state index contributed by atoms with van der Waals surface area (Å²) in [6, 6.07) is 16.5. The maximum atomic E-state index is 13.3. The Morgan fingerprint density at radius 3 is 2.21 bits per heavy atom. The van der Waals surface area contributed by atoms with Crippen LogP contribution in [-0.2, 0) is 13.1 Å². The van der Waals surface area contributed by atoms with Crippen LogP contribution in [0, 0.1) is 13.8 Å². The van der Waals surface area contributed by atoms with Crippen molar-refractivity contribution in [2.45, 2.75) is 45.8 Å². The van der Waals surface area contributed by atoms with E-state index in [9.17, 15) is 4.79 Å². The minimum atomic E-state index is 0.110. The molecular weight excluding hydrogens is 422 g/mol. The number of aryl methyl sites for hydroxylation is 2. The molecule has 0 unspecified atom stereocenters. The lowest BCUT2D eigenvalue weighted by molar-refractivity contribution is 0.0591. The smallest absolute Gasteiger partial charge is 0.255 e. The van der Waals surface area contributed by atoms with E-state index in [0.717, 1.165) is 66.9 Å². The lowest BCUT2D eigenvalue weighted by Gasteiger charge is -2.38. The number of para-hydroxylation sites is 1. The summed E-state index contributed by atoms with van der Waals surface area (Å²) in [5, 5.41) is 1.07. The van der Waals surface area contributed by atoms with Crippen molar-refractivity contribution in [1.29, 1.82) is 0 Å². The second-order valence-electron chi connectivity index (χ2n) is 9.21. The maximum Gasteiger partial charge on any atom is 0.255 e. The van der Waals surface area contributed by atoms with E-state index in [-0.39, 0.29) is 5.91 Å². The van der Waals surface area contributed by atoms with Crippen molar-refractivity contribution >= 4 is 16.8 Å². The monoisotopic (exact) mass is 453 g/mol. The van der Waals surface area contributed by atoms with Gasteiger partial charge in [-0.25, -0.2) is 0 Å².